The number of carbonyl (C=O) groups is 2. The van der Waals surface area contributed by atoms with Crippen molar-refractivity contribution in [3.63, 3.8) is 0 Å². The van der Waals surface area contributed by atoms with Crippen molar-refractivity contribution in [2.45, 2.75) is 6.92 Å². The Morgan fingerprint density at radius 3 is 2.63 bits per heavy atom. The van der Waals surface area contributed by atoms with Crippen LogP contribution in [0.1, 0.15) is 27.1 Å². The van der Waals surface area contributed by atoms with Crippen molar-refractivity contribution < 1.29 is 14.7 Å². The number of thiazole rings is 1. The molecule has 0 bridgehead atoms. The first kappa shape index (κ1) is 14.2. The van der Waals surface area contributed by atoms with Gasteiger partial charge in [-0.15, -0.1) is 11.3 Å². The zero-order chi connectivity index (χ0) is 14.2. The number of nitrogens with zero attached hydrogens (tertiary/aromatic N) is 1. The Hall–Kier alpha value is -1.24. The molecule has 4 nitrogen and oxygen atoms in total. The summed E-state index contributed by atoms with van der Waals surface area (Å²) in [4.78, 5) is 26.6. The Bertz CT molecular complexity index is 652. The van der Waals surface area contributed by atoms with Crippen LogP contribution in [0.25, 0.3) is 10.6 Å². The third kappa shape index (κ3) is 2.86. The van der Waals surface area contributed by atoms with Gasteiger partial charge in [0.25, 0.3) is 0 Å². The van der Waals surface area contributed by atoms with Gasteiger partial charge in [0.15, 0.2) is 11.5 Å². The average molecular weight is 361 g/mol. The summed E-state index contributed by atoms with van der Waals surface area (Å²) in [6.45, 7) is 1.31. The third-order valence-electron chi connectivity index (χ3n) is 2.31. The summed E-state index contributed by atoms with van der Waals surface area (Å²) < 4.78 is 0.795. The smallest absolute Gasteiger partial charge is 0.356 e. The zero-order valence-electron chi connectivity index (χ0n) is 9.61. The molecule has 0 saturated heterocycles. The number of halogens is 2. The van der Waals surface area contributed by atoms with E-state index in [0.717, 1.165) is 15.8 Å². The van der Waals surface area contributed by atoms with E-state index < -0.39 is 5.97 Å². The van der Waals surface area contributed by atoms with Crippen LogP contribution in [0.3, 0.4) is 0 Å². The molecule has 1 heterocycles. The van der Waals surface area contributed by atoms with Gasteiger partial charge in [0, 0.05) is 17.0 Å². The highest BCUT2D eigenvalue weighted by Gasteiger charge is 2.22. The van der Waals surface area contributed by atoms with Crippen LogP contribution in [0.2, 0.25) is 5.02 Å². The lowest BCUT2D eigenvalue weighted by atomic mass is 10.2. The number of aromatic nitrogens is 1. The molecule has 98 valence electrons. The van der Waals surface area contributed by atoms with E-state index in [0.29, 0.717) is 15.6 Å². The van der Waals surface area contributed by atoms with Gasteiger partial charge < -0.3 is 5.11 Å². The lowest BCUT2D eigenvalue weighted by Gasteiger charge is -2.00. The predicted molar refractivity (Wildman–Crippen MR) is 77.2 cm³/mol. The second kappa shape index (κ2) is 5.40. The number of ketones is 1. The van der Waals surface area contributed by atoms with Crippen molar-refractivity contribution in [3.05, 3.63) is 38.3 Å². The number of carboxylic acid groups (broad SMARTS) is 1. The Balaban J connectivity index is 2.64. The number of aromatic carboxylic acids is 1. The largest absolute Gasteiger partial charge is 0.476 e. The molecule has 0 aliphatic carbocycles. The predicted octanol–water partition coefficient (Wildman–Crippen LogP) is 4.13. The van der Waals surface area contributed by atoms with Gasteiger partial charge in [-0.05, 0) is 18.2 Å². The second-order valence-electron chi connectivity index (χ2n) is 3.68. The van der Waals surface area contributed by atoms with Crippen LogP contribution in [0.15, 0.2) is 22.7 Å². The minimum absolute atomic E-state index is 0.124. The van der Waals surface area contributed by atoms with Gasteiger partial charge >= 0.3 is 5.97 Å². The maximum Gasteiger partial charge on any atom is 0.356 e. The summed E-state index contributed by atoms with van der Waals surface area (Å²) in [5.74, 6) is -1.55. The topological polar surface area (TPSA) is 67.3 Å². The van der Waals surface area contributed by atoms with Gasteiger partial charge in [0.2, 0.25) is 0 Å². The quantitative estimate of drug-likeness (QED) is 0.836. The summed E-state index contributed by atoms with van der Waals surface area (Å²) in [5, 5.41) is 9.91. The van der Waals surface area contributed by atoms with Gasteiger partial charge in [-0.25, -0.2) is 9.78 Å². The van der Waals surface area contributed by atoms with Gasteiger partial charge in [-0.1, -0.05) is 27.5 Å². The van der Waals surface area contributed by atoms with E-state index in [2.05, 4.69) is 20.9 Å². The van der Waals surface area contributed by atoms with Gasteiger partial charge in [0.05, 0.1) is 5.02 Å². The monoisotopic (exact) mass is 359 g/mol. The van der Waals surface area contributed by atoms with E-state index in [-0.39, 0.29) is 16.4 Å². The molecule has 0 aliphatic rings. The summed E-state index contributed by atoms with van der Waals surface area (Å²) in [5.41, 5.74) is 0.361. The lowest BCUT2D eigenvalue weighted by molar-refractivity contribution is 0.0687. The number of Topliss-reactive ketones (excluding diaryl/α,β-unsaturated/α-hetero) is 1. The van der Waals surface area contributed by atoms with Crippen LogP contribution in [0, 0.1) is 0 Å². The van der Waals surface area contributed by atoms with Crippen molar-refractivity contribution in [1.82, 2.24) is 4.98 Å². The molecule has 0 radical (unpaired) electrons. The van der Waals surface area contributed by atoms with E-state index in [1.54, 1.807) is 18.2 Å². The zero-order valence-corrected chi connectivity index (χ0v) is 12.8. The first-order valence-corrected chi connectivity index (χ1v) is 7.09. The standard InChI is InChI=1S/C12H7BrClNO3S/c1-5(16)10-9(12(17)18)15-11(19-10)7-4-6(13)2-3-8(7)14/h2-4H,1H3,(H,17,18). The molecule has 0 spiro atoms. The molecule has 1 N–H and O–H groups in total. The van der Waals surface area contributed by atoms with Gasteiger partial charge in [0.1, 0.15) is 9.88 Å². The fourth-order valence-electron chi connectivity index (χ4n) is 1.48. The highest BCUT2D eigenvalue weighted by Crippen LogP contribution is 2.35. The minimum atomic E-state index is -1.22. The van der Waals surface area contributed by atoms with E-state index in [1.165, 1.54) is 6.92 Å². The van der Waals surface area contributed by atoms with Crippen molar-refractivity contribution >= 4 is 50.6 Å². The summed E-state index contributed by atoms with van der Waals surface area (Å²) in [7, 11) is 0. The highest BCUT2D eigenvalue weighted by atomic mass is 79.9. The molecular weight excluding hydrogens is 354 g/mol. The molecule has 0 unspecified atom stereocenters. The van der Waals surface area contributed by atoms with Crippen molar-refractivity contribution in [1.29, 1.82) is 0 Å². The van der Waals surface area contributed by atoms with Crippen molar-refractivity contribution in [3.8, 4) is 10.6 Å². The highest BCUT2D eigenvalue weighted by molar-refractivity contribution is 9.10. The first-order chi connectivity index (χ1) is 8.90. The number of benzene rings is 1. The summed E-state index contributed by atoms with van der Waals surface area (Å²) in [6.07, 6.45) is 0. The maximum atomic E-state index is 11.4. The first-order valence-electron chi connectivity index (χ1n) is 5.10. The number of hydrogen-bond donors (Lipinski definition) is 1. The van der Waals surface area contributed by atoms with Crippen LogP contribution in [0.5, 0.6) is 0 Å². The molecule has 1 aromatic carbocycles. The van der Waals surface area contributed by atoms with Crippen LogP contribution >= 0.6 is 38.9 Å². The molecule has 7 heteroatoms. The Kier molecular flexibility index (Phi) is 4.03. The molecule has 2 rings (SSSR count). The molecule has 0 saturated carbocycles. The van der Waals surface area contributed by atoms with Gasteiger partial charge in [-0.3, -0.25) is 4.79 Å². The SMILES string of the molecule is CC(=O)c1sc(-c2cc(Br)ccc2Cl)nc1C(=O)O. The van der Waals surface area contributed by atoms with Crippen LogP contribution in [-0.2, 0) is 0 Å². The van der Waals surface area contributed by atoms with Crippen molar-refractivity contribution in [2.75, 3.05) is 0 Å². The van der Waals surface area contributed by atoms with Crippen molar-refractivity contribution in [2.24, 2.45) is 0 Å². The van der Waals surface area contributed by atoms with Gasteiger partial charge in [-0.2, -0.15) is 0 Å². The summed E-state index contributed by atoms with van der Waals surface area (Å²) in [6, 6.07) is 5.18. The third-order valence-corrected chi connectivity index (χ3v) is 4.32. The fourth-order valence-corrected chi connectivity index (χ4v) is 3.09. The molecule has 0 fully saturated rings. The molecule has 19 heavy (non-hydrogen) atoms. The van der Waals surface area contributed by atoms with E-state index in [9.17, 15) is 9.59 Å². The molecule has 0 atom stereocenters. The molecule has 0 aliphatic heterocycles. The maximum absolute atomic E-state index is 11.4. The Morgan fingerprint density at radius 2 is 2.11 bits per heavy atom. The van der Waals surface area contributed by atoms with E-state index in [4.69, 9.17) is 16.7 Å². The second-order valence-corrected chi connectivity index (χ2v) is 6.00. The number of carbonyl (C=O) groups excluding carboxylic acids is 1. The van der Waals surface area contributed by atoms with E-state index in [1.807, 2.05) is 0 Å². The normalized spacial score (nSPS) is 10.5. The average Bonchev–Trinajstić information content (AvgIpc) is 2.77. The van der Waals surface area contributed by atoms with E-state index >= 15 is 0 Å². The number of rotatable bonds is 3. The fraction of sp³-hybridized carbons (Fsp3) is 0.0833. The summed E-state index contributed by atoms with van der Waals surface area (Å²) >= 11 is 10.4. The number of carboxylic acids is 1. The lowest BCUT2D eigenvalue weighted by Crippen LogP contribution is -2.03. The Labute approximate surface area is 126 Å². The molecular formula is C12H7BrClNO3S. The van der Waals surface area contributed by atoms with Crippen LogP contribution < -0.4 is 0 Å². The molecule has 1 aromatic heterocycles. The number of hydrogen-bond acceptors (Lipinski definition) is 4. The molecule has 0 amide bonds. The van der Waals surface area contributed by atoms with Crippen LogP contribution in [-0.4, -0.2) is 21.8 Å². The molecule has 2 aromatic rings. The minimum Gasteiger partial charge on any atom is -0.476 e. The van der Waals surface area contributed by atoms with Crippen LogP contribution in [0.4, 0.5) is 0 Å². The Morgan fingerprint density at radius 1 is 1.42 bits per heavy atom.